The Bertz CT molecular complexity index is 1170. The standard InChI is InChI=1S/C23H24FN3O3S/c24-19-8-10-20(11-9-19)27(17-23(28)26-14-3-1-2-4-15-26)31(29,30)22-7-5-6-18-16-25-13-12-21(18)22/h5-13,16H,1-4,14-15,17H2. The Morgan fingerprint density at radius 1 is 1.00 bits per heavy atom. The van der Waals surface area contributed by atoms with Gasteiger partial charge in [-0.25, -0.2) is 12.8 Å². The first kappa shape index (κ1) is 21.2. The van der Waals surface area contributed by atoms with Gasteiger partial charge in [0, 0.05) is 36.3 Å². The number of benzene rings is 2. The highest BCUT2D eigenvalue weighted by molar-refractivity contribution is 7.93. The highest BCUT2D eigenvalue weighted by Gasteiger charge is 2.30. The number of anilines is 1. The molecule has 1 fully saturated rings. The number of hydrogen-bond donors (Lipinski definition) is 0. The van der Waals surface area contributed by atoms with E-state index in [9.17, 15) is 17.6 Å². The second-order valence-corrected chi connectivity index (χ2v) is 9.47. The monoisotopic (exact) mass is 441 g/mol. The van der Waals surface area contributed by atoms with Crippen LogP contribution in [0.2, 0.25) is 0 Å². The van der Waals surface area contributed by atoms with E-state index in [2.05, 4.69) is 4.98 Å². The number of fused-ring (bicyclic) bond motifs is 1. The second kappa shape index (κ2) is 9.01. The summed E-state index contributed by atoms with van der Waals surface area (Å²) < 4.78 is 42.1. The van der Waals surface area contributed by atoms with Gasteiger partial charge in [0.05, 0.1) is 10.6 Å². The van der Waals surface area contributed by atoms with Gasteiger partial charge in [0.2, 0.25) is 5.91 Å². The van der Waals surface area contributed by atoms with Crippen molar-refractivity contribution >= 4 is 32.4 Å². The van der Waals surface area contributed by atoms with Crippen molar-refractivity contribution < 1.29 is 17.6 Å². The highest BCUT2D eigenvalue weighted by atomic mass is 32.2. The normalized spacial score (nSPS) is 14.9. The van der Waals surface area contributed by atoms with Gasteiger partial charge in [0.25, 0.3) is 10.0 Å². The van der Waals surface area contributed by atoms with Crippen molar-refractivity contribution in [1.82, 2.24) is 9.88 Å². The average molecular weight is 442 g/mol. The summed E-state index contributed by atoms with van der Waals surface area (Å²) in [6.07, 6.45) is 7.07. The largest absolute Gasteiger partial charge is 0.341 e. The SMILES string of the molecule is O=C(CN(c1ccc(F)cc1)S(=O)(=O)c1cccc2cnccc12)N1CCCCCC1. The van der Waals surface area contributed by atoms with E-state index in [-0.39, 0.29) is 23.0 Å². The van der Waals surface area contributed by atoms with E-state index in [1.807, 2.05) is 0 Å². The smallest absolute Gasteiger partial charge is 0.265 e. The molecular weight excluding hydrogens is 417 g/mol. The molecule has 3 aromatic rings. The van der Waals surface area contributed by atoms with Gasteiger partial charge in [-0.15, -0.1) is 0 Å². The molecule has 6 nitrogen and oxygen atoms in total. The lowest BCUT2D eigenvalue weighted by atomic mass is 10.2. The average Bonchev–Trinajstić information content (AvgIpc) is 3.07. The summed E-state index contributed by atoms with van der Waals surface area (Å²) in [6, 6.07) is 11.8. The Morgan fingerprint density at radius 3 is 2.42 bits per heavy atom. The van der Waals surface area contributed by atoms with E-state index in [0.29, 0.717) is 23.9 Å². The maximum absolute atomic E-state index is 13.8. The molecule has 162 valence electrons. The highest BCUT2D eigenvalue weighted by Crippen LogP contribution is 2.29. The Morgan fingerprint density at radius 2 is 1.71 bits per heavy atom. The molecule has 0 spiro atoms. The molecule has 0 bridgehead atoms. The van der Waals surface area contributed by atoms with Crippen LogP contribution in [0.4, 0.5) is 10.1 Å². The zero-order valence-corrected chi connectivity index (χ0v) is 17.9. The summed E-state index contributed by atoms with van der Waals surface area (Å²) in [5, 5.41) is 1.20. The Kier molecular flexibility index (Phi) is 6.18. The first-order valence-corrected chi connectivity index (χ1v) is 11.8. The molecule has 4 rings (SSSR count). The van der Waals surface area contributed by atoms with Crippen LogP contribution in [0.3, 0.4) is 0 Å². The minimum atomic E-state index is -4.10. The van der Waals surface area contributed by atoms with Crippen molar-refractivity contribution in [2.24, 2.45) is 0 Å². The van der Waals surface area contributed by atoms with Crippen LogP contribution in [0.15, 0.2) is 65.8 Å². The molecular formula is C23H24FN3O3S. The van der Waals surface area contributed by atoms with Gasteiger partial charge in [0.15, 0.2) is 0 Å². The van der Waals surface area contributed by atoms with Crippen LogP contribution in [0, 0.1) is 5.82 Å². The third kappa shape index (κ3) is 4.54. The molecule has 0 saturated carbocycles. The third-order valence-corrected chi connectivity index (χ3v) is 7.39. The number of aromatic nitrogens is 1. The van der Waals surface area contributed by atoms with Gasteiger partial charge < -0.3 is 4.90 Å². The van der Waals surface area contributed by atoms with Crippen LogP contribution < -0.4 is 4.31 Å². The zero-order chi connectivity index (χ0) is 21.8. The second-order valence-electron chi connectivity index (χ2n) is 7.64. The summed E-state index contributed by atoms with van der Waals surface area (Å²) in [6.45, 7) is 0.904. The van der Waals surface area contributed by atoms with Crippen molar-refractivity contribution in [3.05, 3.63) is 66.7 Å². The molecule has 0 unspecified atom stereocenters. The molecule has 31 heavy (non-hydrogen) atoms. The summed E-state index contributed by atoms with van der Waals surface area (Å²) in [7, 11) is -4.10. The molecule has 2 aromatic carbocycles. The van der Waals surface area contributed by atoms with E-state index in [1.165, 1.54) is 36.5 Å². The number of carbonyl (C=O) groups is 1. The number of halogens is 1. The number of sulfonamides is 1. The third-order valence-electron chi connectivity index (χ3n) is 5.56. The lowest BCUT2D eigenvalue weighted by Crippen LogP contribution is -2.43. The molecule has 1 amide bonds. The Labute approximate surface area is 181 Å². The van der Waals surface area contributed by atoms with Gasteiger partial charge in [0.1, 0.15) is 12.4 Å². The molecule has 0 atom stereocenters. The van der Waals surface area contributed by atoms with E-state index < -0.39 is 15.8 Å². The number of rotatable bonds is 5. The van der Waals surface area contributed by atoms with E-state index in [1.54, 1.807) is 29.3 Å². The van der Waals surface area contributed by atoms with Crippen LogP contribution in [-0.2, 0) is 14.8 Å². The predicted molar refractivity (Wildman–Crippen MR) is 118 cm³/mol. The zero-order valence-electron chi connectivity index (χ0n) is 17.1. The molecule has 1 aromatic heterocycles. The minimum Gasteiger partial charge on any atom is -0.341 e. The molecule has 0 aliphatic carbocycles. The van der Waals surface area contributed by atoms with Gasteiger partial charge in [-0.05, 0) is 49.2 Å². The number of nitrogens with zero attached hydrogens (tertiary/aromatic N) is 3. The number of carbonyl (C=O) groups excluding carboxylic acids is 1. The summed E-state index contributed by atoms with van der Waals surface area (Å²) in [5.74, 6) is -0.729. The van der Waals surface area contributed by atoms with Crippen LogP contribution in [0.1, 0.15) is 25.7 Å². The topological polar surface area (TPSA) is 70.6 Å². The quantitative estimate of drug-likeness (QED) is 0.601. The fourth-order valence-electron chi connectivity index (χ4n) is 3.90. The first-order valence-electron chi connectivity index (χ1n) is 10.4. The van der Waals surface area contributed by atoms with Gasteiger partial charge >= 0.3 is 0 Å². The van der Waals surface area contributed by atoms with Gasteiger partial charge in [-0.3, -0.25) is 14.1 Å². The molecule has 8 heteroatoms. The summed E-state index contributed by atoms with van der Waals surface area (Å²) in [5.41, 5.74) is 0.246. The van der Waals surface area contributed by atoms with Crippen molar-refractivity contribution in [1.29, 1.82) is 0 Å². The molecule has 1 saturated heterocycles. The molecule has 1 aliphatic rings. The van der Waals surface area contributed by atoms with Crippen molar-refractivity contribution in [3.63, 3.8) is 0 Å². The predicted octanol–water partition coefficient (Wildman–Crippen LogP) is 3.97. The van der Waals surface area contributed by atoms with E-state index >= 15 is 0 Å². The number of hydrogen-bond acceptors (Lipinski definition) is 4. The summed E-state index contributed by atoms with van der Waals surface area (Å²) >= 11 is 0. The van der Waals surface area contributed by atoms with Crippen molar-refractivity contribution in [3.8, 4) is 0 Å². The van der Waals surface area contributed by atoms with Gasteiger partial charge in [-0.1, -0.05) is 25.0 Å². The minimum absolute atomic E-state index is 0.0837. The van der Waals surface area contributed by atoms with Crippen LogP contribution >= 0.6 is 0 Å². The van der Waals surface area contributed by atoms with Crippen molar-refractivity contribution in [2.75, 3.05) is 23.9 Å². The maximum Gasteiger partial charge on any atom is 0.265 e. The fraction of sp³-hybridized carbons (Fsp3) is 0.304. The van der Waals surface area contributed by atoms with E-state index in [4.69, 9.17) is 0 Å². The number of likely N-dealkylation sites (tertiary alicyclic amines) is 1. The molecule has 0 N–H and O–H groups in total. The maximum atomic E-state index is 13.8. The molecule has 2 heterocycles. The molecule has 0 radical (unpaired) electrons. The van der Waals surface area contributed by atoms with Gasteiger partial charge in [-0.2, -0.15) is 0 Å². The first-order chi connectivity index (χ1) is 15.0. The van der Waals surface area contributed by atoms with E-state index in [0.717, 1.165) is 30.0 Å². The summed E-state index contributed by atoms with van der Waals surface area (Å²) in [4.78, 5) is 18.9. The lowest BCUT2D eigenvalue weighted by Gasteiger charge is -2.28. The Balaban J connectivity index is 1.76. The lowest BCUT2D eigenvalue weighted by molar-refractivity contribution is -0.129. The fourth-order valence-corrected chi connectivity index (χ4v) is 5.53. The van der Waals surface area contributed by atoms with Crippen LogP contribution in [0.25, 0.3) is 10.8 Å². The van der Waals surface area contributed by atoms with Crippen LogP contribution in [0.5, 0.6) is 0 Å². The van der Waals surface area contributed by atoms with Crippen LogP contribution in [-0.4, -0.2) is 43.8 Å². The number of pyridine rings is 1. The Hall–Kier alpha value is -3.00. The number of amides is 1. The molecule has 1 aliphatic heterocycles. The van der Waals surface area contributed by atoms with Crippen molar-refractivity contribution in [2.45, 2.75) is 30.6 Å².